The average molecular weight is 292 g/mol. The summed E-state index contributed by atoms with van der Waals surface area (Å²) < 4.78 is 5.63. The van der Waals surface area contributed by atoms with Crippen LogP contribution in [0.15, 0.2) is 0 Å². The lowest BCUT2D eigenvalue weighted by Gasteiger charge is -2.58. The van der Waals surface area contributed by atoms with E-state index in [-0.39, 0.29) is 11.8 Å². The van der Waals surface area contributed by atoms with Crippen molar-refractivity contribution in [3.05, 3.63) is 0 Å². The van der Waals surface area contributed by atoms with Gasteiger partial charge in [0.15, 0.2) is 11.9 Å². The first-order chi connectivity index (χ1) is 9.98. The molecule has 0 aromatic carbocycles. The summed E-state index contributed by atoms with van der Waals surface area (Å²) in [5.74, 6) is 0.810. The molecule has 0 saturated heterocycles. The van der Waals surface area contributed by atoms with E-state index in [1.807, 2.05) is 0 Å². The number of hydrogen-bond acceptors (Lipinski definition) is 4. The smallest absolute Gasteiger partial charge is 0.312 e. The number of ether oxygens (including phenoxy) is 1. The number of carbonyl (C=O) groups excluding carboxylic acids is 2. The Bertz CT molecular complexity index is 469. The van der Waals surface area contributed by atoms with Gasteiger partial charge in [-0.1, -0.05) is 0 Å². The van der Waals surface area contributed by atoms with Crippen LogP contribution in [-0.2, 0) is 14.3 Å². The van der Waals surface area contributed by atoms with Gasteiger partial charge in [-0.05, 0) is 69.6 Å². The molecule has 0 spiro atoms. The largest absolute Gasteiger partial charge is 0.454 e. The maximum atomic E-state index is 12.8. The molecule has 5 rings (SSSR count). The summed E-state index contributed by atoms with van der Waals surface area (Å²) in [4.78, 5) is 24.7. The van der Waals surface area contributed by atoms with Gasteiger partial charge in [-0.15, -0.1) is 0 Å². The third-order valence-electron chi connectivity index (χ3n) is 6.21. The van der Waals surface area contributed by atoms with Gasteiger partial charge in [-0.3, -0.25) is 9.59 Å². The summed E-state index contributed by atoms with van der Waals surface area (Å²) in [6.45, 7) is 0. The molecule has 0 radical (unpaired) electrons. The van der Waals surface area contributed by atoms with Crippen LogP contribution in [0, 0.1) is 17.3 Å². The van der Waals surface area contributed by atoms with E-state index in [0.29, 0.717) is 31.1 Å². The van der Waals surface area contributed by atoms with Crippen LogP contribution in [-0.4, -0.2) is 28.6 Å². The van der Waals surface area contributed by atoms with Crippen molar-refractivity contribution in [2.45, 2.75) is 75.9 Å². The Balaban J connectivity index is 1.52. The highest BCUT2D eigenvalue weighted by atomic mass is 16.5. The van der Waals surface area contributed by atoms with Crippen LogP contribution in [0.2, 0.25) is 0 Å². The van der Waals surface area contributed by atoms with Crippen LogP contribution >= 0.6 is 0 Å². The standard InChI is InChI=1S/C17H24O4/c18-13-3-1-2-4-14(13)21-15(19)16-6-11-5-12(7-16)9-17(20,8-11)10-16/h11-12,14,20H,1-10H2/t11-,12+,14-,16?,17?/m1/s1. The van der Waals surface area contributed by atoms with E-state index in [2.05, 4.69) is 0 Å². The quantitative estimate of drug-likeness (QED) is 0.794. The summed E-state index contributed by atoms with van der Waals surface area (Å²) in [5, 5.41) is 10.7. The Morgan fingerprint density at radius 1 is 1.14 bits per heavy atom. The number of rotatable bonds is 2. The van der Waals surface area contributed by atoms with Crippen LogP contribution in [0.3, 0.4) is 0 Å². The van der Waals surface area contributed by atoms with Gasteiger partial charge in [0.1, 0.15) is 0 Å². The zero-order valence-corrected chi connectivity index (χ0v) is 12.5. The molecular weight excluding hydrogens is 268 g/mol. The first kappa shape index (κ1) is 13.7. The maximum absolute atomic E-state index is 12.8. The predicted octanol–water partition coefficient (Wildman–Crippen LogP) is 2.37. The second-order valence-electron chi connectivity index (χ2n) is 8.07. The number of hydrogen-bond donors (Lipinski definition) is 1. The second-order valence-corrected chi connectivity index (χ2v) is 8.07. The van der Waals surface area contributed by atoms with Crippen molar-refractivity contribution < 1.29 is 19.4 Å². The van der Waals surface area contributed by atoms with E-state index in [0.717, 1.165) is 44.9 Å². The molecule has 4 heteroatoms. The van der Waals surface area contributed by atoms with Gasteiger partial charge in [-0.25, -0.2) is 0 Å². The van der Waals surface area contributed by atoms with E-state index < -0.39 is 17.1 Å². The highest BCUT2D eigenvalue weighted by molar-refractivity contribution is 5.87. The molecule has 4 nitrogen and oxygen atoms in total. The lowest BCUT2D eigenvalue weighted by molar-refractivity contribution is -0.201. The van der Waals surface area contributed by atoms with Gasteiger partial charge in [0.25, 0.3) is 0 Å². The minimum Gasteiger partial charge on any atom is -0.454 e. The molecule has 5 aliphatic carbocycles. The maximum Gasteiger partial charge on any atom is 0.312 e. The number of carbonyl (C=O) groups is 2. The molecule has 4 bridgehead atoms. The summed E-state index contributed by atoms with van der Waals surface area (Å²) >= 11 is 0. The van der Waals surface area contributed by atoms with E-state index in [4.69, 9.17) is 4.74 Å². The molecule has 0 heterocycles. The Labute approximate surface area is 125 Å². The van der Waals surface area contributed by atoms with Gasteiger partial charge in [0.05, 0.1) is 11.0 Å². The molecular formula is C17H24O4. The molecule has 1 N–H and O–H groups in total. The highest BCUT2D eigenvalue weighted by Gasteiger charge is 2.61. The van der Waals surface area contributed by atoms with Crippen LogP contribution in [0.25, 0.3) is 0 Å². The topological polar surface area (TPSA) is 63.6 Å². The van der Waals surface area contributed by atoms with E-state index in [1.54, 1.807) is 0 Å². The van der Waals surface area contributed by atoms with E-state index in [1.165, 1.54) is 0 Å². The number of aliphatic hydroxyl groups is 1. The summed E-state index contributed by atoms with van der Waals surface area (Å²) in [5.41, 5.74) is -1.16. The minimum atomic E-state index is -0.653. The number of ketones is 1. The Kier molecular flexibility index (Phi) is 2.97. The SMILES string of the molecule is O=C1CCCC[C@H]1OC(=O)C12C[C@@H]3C[C@@H](CC(O)(C3)C1)C2. The van der Waals surface area contributed by atoms with Crippen LogP contribution in [0.1, 0.15) is 64.2 Å². The van der Waals surface area contributed by atoms with Gasteiger partial charge >= 0.3 is 5.97 Å². The first-order valence-electron chi connectivity index (χ1n) is 8.44. The van der Waals surface area contributed by atoms with Gasteiger partial charge in [0.2, 0.25) is 0 Å². The predicted molar refractivity (Wildman–Crippen MR) is 75.4 cm³/mol. The van der Waals surface area contributed by atoms with Crippen LogP contribution < -0.4 is 0 Å². The van der Waals surface area contributed by atoms with Crippen molar-refractivity contribution in [2.24, 2.45) is 17.3 Å². The summed E-state index contributed by atoms with van der Waals surface area (Å²) in [6, 6.07) is 0. The molecule has 21 heavy (non-hydrogen) atoms. The Morgan fingerprint density at radius 2 is 1.86 bits per heavy atom. The molecule has 5 atom stereocenters. The fourth-order valence-corrected chi connectivity index (χ4v) is 5.78. The van der Waals surface area contributed by atoms with Crippen LogP contribution in [0.5, 0.6) is 0 Å². The lowest BCUT2D eigenvalue weighted by atomic mass is 9.48. The van der Waals surface area contributed by atoms with Gasteiger partial charge in [-0.2, -0.15) is 0 Å². The fraction of sp³-hybridized carbons (Fsp3) is 0.882. The monoisotopic (exact) mass is 292 g/mol. The van der Waals surface area contributed by atoms with Crippen LogP contribution in [0.4, 0.5) is 0 Å². The van der Waals surface area contributed by atoms with E-state index in [9.17, 15) is 14.7 Å². The van der Waals surface area contributed by atoms with Gasteiger partial charge in [0, 0.05) is 6.42 Å². The third-order valence-corrected chi connectivity index (χ3v) is 6.21. The molecule has 0 amide bonds. The highest BCUT2D eigenvalue weighted by Crippen LogP contribution is 2.62. The van der Waals surface area contributed by atoms with Crippen molar-refractivity contribution in [1.29, 1.82) is 0 Å². The Morgan fingerprint density at radius 3 is 2.48 bits per heavy atom. The third kappa shape index (κ3) is 2.23. The zero-order valence-electron chi connectivity index (χ0n) is 12.5. The van der Waals surface area contributed by atoms with E-state index >= 15 is 0 Å². The number of esters is 1. The molecule has 5 saturated carbocycles. The zero-order chi connectivity index (χ0) is 14.7. The number of Topliss-reactive ketones (excluding diaryl/α,β-unsaturated/α-hetero) is 1. The lowest BCUT2D eigenvalue weighted by Crippen LogP contribution is -2.59. The minimum absolute atomic E-state index is 0.0815. The average Bonchev–Trinajstić information content (AvgIpc) is 2.38. The molecule has 116 valence electrons. The molecule has 5 fully saturated rings. The Hall–Kier alpha value is -0.900. The molecule has 0 aliphatic heterocycles. The van der Waals surface area contributed by atoms with Crippen molar-refractivity contribution >= 4 is 11.8 Å². The normalized spacial score (nSPS) is 48.4. The molecule has 5 aliphatic rings. The van der Waals surface area contributed by atoms with Gasteiger partial charge < -0.3 is 9.84 Å². The summed E-state index contributed by atoms with van der Waals surface area (Å²) in [7, 11) is 0. The molecule has 2 unspecified atom stereocenters. The molecule has 0 aromatic heterocycles. The van der Waals surface area contributed by atoms with Crippen molar-refractivity contribution in [3.63, 3.8) is 0 Å². The second kappa shape index (κ2) is 4.55. The van der Waals surface area contributed by atoms with Crippen molar-refractivity contribution in [1.82, 2.24) is 0 Å². The fourth-order valence-electron chi connectivity index (χ4n) is 5.78. The summed E-state index contributed by atoms with van der Waals surface area (Å²) in [6.07, 6.45) is 7.69. The van der Waals surface area contributed by atoms with Crippen molar-refractivity contribution in [2.75, 3.05) is 0 Å². The first-order valence-corrected chi connectivity index (χ1v) is 8.44. The van der Waals surface area contributed by atoms with Crippen molar-refractivity contribution in [3.8, 4) is 0 Å². The molecule has 0 aromatic rings.